The lowest BCUT2D eigenvalue weighted by atomic mass is 10.1. The van der Waals surface area contributed by atoms with Gasteiger partial charge in [0, 0.05) is 36.3 Å². The van der Waals surface area contributed by atoms with Crippen molar-refractivity contribution in [1.82, 2.24) is 20.3 Å². The number of imidazole rings is 1. The molecule has 0 aliphatic carbocycles. The number of halogens is 3. The summed E-state index contributed by atoms with van der Waals surface area (Å²) in [5.41, 5.74) is 2.17. The van der Waals surface area contributed by atoms with Gasteiger partial charge in [-0.1, -0.05) is 34.8 Å². The zero-order valence-electron chi connectivity index (χ0n) is 14.8. The number of nitrogens with one attached hydrogen (secondary N) is 2. The molecule has 28 heavy (non-hydrogen) atoms. The maximum Gasteiger partial charge on any atom is 0.205 e. The third kappa shape index (κ3) is 4.60. The maximum atomic E-state index is 10.1. The van der Waals surface area contributed by atoms with E-state index < -0.39 is 0 Å². The minimum Gasteiger partial charge on any atom is -0.506 e. The number of pyridine rings is 1. The van der Waals surface area contributed by atoms with Gasteiger partial charge in [0.05, 0.1) is 10.5 Å². The Bertz CT molecular complexity index is 983. The van der Waals surface area contributed by atoms with Gasteiger partial charge in [-0.2, -0.15) is 18.5 Å². The molecule has 6 nitrogen and oxygen atoms in total. The highest BCUT2D eigenvalue weighted by Crippen LogP contribution is 2.31. The molecule has 4 rings (SSSR count). The van der Waals surface area contributed by atoms with E-state index in [0.717, 1.165) is 37.4 Å². The predicted octanol–water partition coefficient (Wildman–Crippen LogP) is 4.50. The number of H-pyrrole nitrogens is 1. The summed E-state index contributed by atoms with van der Waals surface area (Å²) in [4.78, 5) is 14.3. The summed E-state index contributed by atoms with van der Waals surface area (Å²) >= 11 is 18.0. The number of phenols is 1. The van der Waals surface area contributed by atoms with Gasteiger partial charge in [-0.3, -0.25) is 0 Å². The largest absolute Gasteiger partial charge is 0.506 e. The summed E-state index contributed by atoms with van der Waals surface area (Å²) in [6.07, 6.45) is 2.07. The molecule has 0 spiro atoms. The van der Waals surface area contributed by atoms with E-state index in [1.54, 1.807) is 12.1 Å². The lowest BCUT2D eigenvalue weighted by molar-refractivity contribution is 0.411. The number of hydrogen-bond donors (Lipinski definition) is 3. The Morgan fingerprint density at radius 3 is 2.86 bits per heavy atom. The number of aromatic nitrogens is 3. The highest BCUT2D eigenvalue weighted by molar-refractivity contribution is 7.59. The summed E-state index contributed by atoms with van der Waals surface area (Å²) in [7, 11) is 0. The van der Waals surface area contributed by atoms with Crippen LogP contribution in [0.5, 0.6) is 5.75 Å². The normalized spacial score (nSPS) is 17.0. The first-order valence-electron chi connectivity index (χ1n) is 8.67. The fraction of sp³-hybridized carbons (Fsp3) is 0.333. The second-order valence-electron chi connectivity index (χ2n) is 6.63. The number of fused-ring (bicyclic) bond motifs is 1. The first-order chi connectivity index (χ1) is 13.0. The predicted molar refractivity (Wildman–Crippen MR) is 119 cm³/mol. The van der Waals surface area contributed by atoms with Crippen molar-refractivity contribution in [1.29, 1.82) is 0 Å². The van der Waals surface area contributed by atoms with Crippen LogP contribution in [0.25, 0.3) is 11.2 Å². The number of hydrogen-bond acceptors (Lipinski definition) is 5. The van der Waals surface area contributed by atoms with Crippen molar-refractivity contribution in [2.75, 3.05) is 18.0 Å². The van der Waals surface area contributed by atoms with E-state index in [1.807, 2.05) is 6.07 Å². The van der Waals surface area contributed by atoms with Crippen molar-refractivity contribution in [3.05, 3.63) is 45.0 Å². The van der Waals surface area contributed by atoms with Crippen molar-refractivity contribution in [3.8, 4) is 5.75 Å². The average Bonchev–Trinajstić information content (AvgIpc) is 3.07. The maximum absolute atomic E-state index is 10.1. The Balaban J connectivity index is 0.00000225. The molecule has 0 saturated carbocycles. The summed E-state index contributed by atoms with van der Waals surface area (Å²) in [6.45, 7) is 2.20. The van der Waals surface area contributed by atoms with Gasteiger partial charge in [0.1, 0.15) is 10.9 Å². The molecule has 0 unspecified atom stereocenters. The molecule has 1 saturated heterocycles. The highest BCUT2D eigenvalue weighted by atomic mass is 35.5. The highest BCUT2D eigenvalue weighted by Gasteiger charge is 2.22. The Labute approximate surface area is 184 Å². The second kappa shape index (κ2) is 8.97. The number of rotatable bonds is 4. The molecule has 3 aromatic rings. The molecule has 0 bridgehead atoms. The molecule has 1 fully saturated rings. The third-order valence-electron chi connectivity index (χ3n) is 4.71. The molecule has 1 aliphatic heterocycles. The first kappa shape index (κ1) is 21.3. The fourth-order valence-electron chi connectivity index (χ4n) is 3.35. The van der Waals surface area contributed by atoms with Crippen molar-refractivity contribution in [2.45, 2.75) is 25.4 Å². The van der Waals surface area contributed by atoms with Crippen LogP contribution in [-0.4, -0.2) is 39.2 Å². The smallest absolute Gasteiger partial charge is 0.205 e. The molecule has 0 radical (unpaired) electrons. The standard InChI is InChI=1S/C18H18Cl3N5O.H2S/c19-11-6-10(16(27)13(20)7-11)8-22-12-2-1-5-26(9-12)18-23-14-3-4-15(21)24-17(14)25-18;/h3-4,6-7,12,22,27H,1-2,5,8-9H2,(H,23,24,25);1H2/t12-;/m0./s1. The molecule has 150 valence electrons. The molecular formula is C18H20Cl3N5OS. The molecule has 1 aliphatic rings. The van der Waals surface area contributed by atoms with E-state index in [2.05, 4.69) is 25.2 Å². The topological polar surface area (TPSA) is 77.1 Å². The lowest BCUT2D eigenvalue weighted by Gasteiger charge is -2.33. The average molecular weight is 461 g/mol. The summed E-state index contributed by atoms with van der Waals surface area (Å²) in [5.74, 6) is 0.862. The van der Waals surface area contributed by atoms with Gasteiger partial charge in [0.25, 0.3) is 0 Å². The molecule has 1 aromatic carbocycles. The summed E-state index contributed by atoms with van der Waals surface area (Å²) in [6, 6.07) is 7.14. The minimum atomic E-state index is 0. The fourth-order valence-corrected chi connectivity index (χ4v) is 4.03. The van der Waals surface area contributed by atoms with E-state index in [0.29, 0.717) is 27.9 Å². The summed E-state index contributed by atoms with van der Waals surface area (Å²) in [5, 5.41) is 14.8. The number of piperidine rings is 1. The van der Waals surface area contributed by atoms with Crippen LogP contribution in [0.2, 0.25) is 15.2 Å². The van der Waals surface area contributed by atoms with Crippen LogP contribution in [0.4, 0.5) is 5.95 Å². The van der Waals surface area contributed by atoms with Crippen LogP contribution in [0, 0.1) is 0 Å². The lowest BCUT2D eigenvalue weighted by Crippen LogP contribution is -2.45. The van der Waals surface area contributed by atoms with Gasteiger partial charge in [-0.15, -0.1) is 0 Å². The van der Waals surface area contributed by atoms with Gasteiger partial charge in [0.15, 0.2) is 5.65 Å². The molecule has 3 N–H and O–H groups in total. The number of benzene rings is 1. The number of aromatic amines is 1. The molecule has 1 atom stereocenters. The van der Waals surface area contributed by atoms with Crippen LogP contribution >= 0.6 is 48.3 Å². The van der Waals surface area contributed by atoms with E-state index in [9.17, 15) is 5.11 Å². The van der Waals surface area contributed by atoms with Crippen molar-refractivity contribution < 1.29 is 5.11 Å². The van der Waals surface area contributed by atoms with Gasteiger partial charge in [-0.25, -0.2) is 4.98 Å². The second-order valence-corrected chi connectivity index (χ2v) is 7.86. The quantitative estimate of drug-likeness (QED) is 0.500. The molecule has 2 aromatic heterocycles. The number of phenolic OH excluding ortho intramolecular Hbond substituents is 1. The Morgan fingerprint density at radius 2 is 2.04 bits per heavy atom. The van der Waals surface area contributed by atoms with Gasteiger partial charge >= 0.3 is 0 Å². The van der Waals surface area contributed by atoms with Crippen molar-refractivity contribution in [3.63, 3.8) is 0 Å². The Kier molecular flexibility index (Phi) is 6.83. The zero-order valence-corrected chi connectivity index (χ0v) is 18.1. The van der Waals surface area contributed by atoms with Crippen molar-refractivity contribution >= 4 is 65.4 Å². The van der Waals surface area contributed by atoms with E-state index in [-0.39, 0.29) is 30.3 Å². The van der Waals surface area contributed by atoms with E-state index in [1.165, 1.54) is 6.07 Å². The number of anilines is 1. The van der Waals surface area contributed by atoms with Gasteiger partial charge in [-0.05, 0) is 37.1 Å². The Morgan fingerprint density at radius 1 is 1.21 bits per heavy atom. The van der Waals surface area contributed by atoms with Crippen LogP contribution in [-0.2, 0) is 6.54 Å². The zero-order chi connectivity index (χ0) is 19.0. The summed E-state index contributed by atoms with van der Waals surface area (Å²) < 4.78 is 0. The number of aromatic hydroxyl groups is 1. The molecule has 0 amide bonds. The third-order valence-corrected chi connectivity index (χ3v) is 5.43. The van der Waals surface area contributed by atoms with Crippen LogP contribution in [0.1, 0.15) is 18.4 Å². The van der Waals surface area contributed by atoms with E-state index in [4.69, 9.17) is 34.8 Å². The van der Waals surface area contributed by atoms with Crippen LogP contribution in [0.3, 0.4) is 0 Å². The Hall–Kier alpha value is -1.38. The van der Waals surface area contributed by atoms with Gasteiger partial charge < -0.3 is 20.3 Å². The molecule has 10 heteroatoms. The molecule has 3 heterocycles. The van der Waals surface area contributed by atoms with Gasteiger partial charge in [0.2, 0.25) is 5.95 Å². The monoisotopic (exact) mass is 459 g/mol. The first-order valence-corrected chi connectivity index (χ1v) is 9.80. The number of nitrogens with zero attached hydrogens (tertiary/aromatic N) is 3. The minimum absolute atomic E-state index is 0. The van der Waals surface area contributed by atoms with Crippen LogP contribution < -0.4 is 10.2 Å². The van der Waals surface area contributed by atoms with Crippen molar-refractivity contribution in [2.24, 2.45) is 0 Å². The SMILES string of the molecule is Oc1c(Cl)cc(Cl)cc1CN[C@H]1CCCN(c2nc3nc(Cl)ccc3[nH]2)C1.S. The molecular weight excluding hydrogens is 441 g/mol. The van der Waals surface area contributed by atoms with Crippen LogP contribution in [0.15, 0.2) is 24.3 Å². The van der Waals surface area contributed by atoms with E-state index >= 15 is 0 Å².